The van der Waals surface area contributed by atoms with Crippen LogP contribution in [-0.4, -0.2) is 57.8 Å². The average Bonchev–Trinajstić information content (AvgIpc) is 3.15. The van der Waals surface area contributed by atoms with Crippen LogP contribution in [-0.2, 0) is 25.8 Å². The fraction of sp³-hybridized carbons (Fsp3) is 0.500. The van der Waals surface area contributed by atoms with Gasteiger partial charge in [-0.3, -0.25) is 9.48 Å². The van der Waals surface area contributed by atoms with Crippen molar-refractivity contribution in [2.45, 2.75) is 44.7 Å². The normalized spacial score (nSPS) is 18.8. The van der Waals surface area contributed by atoms with Gasteiger partial charge in [-0.25, -0.2) is 0 Å². The zero-order valence-electron chi connectivity index (χ0n) is 17.7. The number of hydrogen-bond donors (Lipinski definition) is 1. The molecule has 5 nitrogen and oxygen atoms in total. The van der Waals surface area contributed by atoms with E-state index in [1.165, 1.54) is 11.3 Å². The van der Waals surface area contributed by atoms with Gasteiger partial charge in [-0.15, -0.1) is 6.58 Å². The zero-order valence-corrected chi connectivity index (χ0v) is 18.5. The Morgan fingerprint density at radius 1 is 1.27 bits per heavy atom. The zero-order chi connectivity index (χ0) is 20.8. The molecule has 30 heavy (non-hydrogen) atoms. The number of aromatic nitrogens is 2. The molecule has 1 N–H and O–H groups in total. The van der Waals surface area contributed by atoms with Gasteiger partial charge in [-0.05, 0) is 44.2 Å². The summed E-state index contributed by atoms with van der Waals surface area (Å²) in [6.07, 6.45) is 7.04. The molecular weight excluding hydrogens is 392 g/mol. The number of nitrogens with one attached hydrogen (secondary N) is 1. The lowest BCUT2D eigenvalue weighted by Gasteiger charge is -2.27. The molecule has 0 radical (unpaired) electrons. The number of carbonyl (C=O) groups excluding carboxylic acids is 1. The van der Waals surface area contributed by atoms with Gasteiger partial charge in [0.1, 0.15) is 0 Å². The van der Waals surface area contributed by atoms with E-state index in [1.807, 2.05) is 27.4 Å². The second-order valence-corrected chi connectivity index (χ2v) is 9.36. The number of hydrogen-bond acceptors (Lipinski definition) is 4. The number of aryl methyl sites for hydroxylation is 1. The summed E-state index contributed by atoms with van der Waals surface area (Å²) in [5.74, 6) is 2.15. The summed E-state index contributed by atoms with van der Waals surface area (Å²) in [5, 5.41) is 8.48. The van der Waals surface area contributed by atoms with Crippen LogP contribution < -0.4 is 5.32 Å². The van der Waals surface area contributed by atoms with Crippen molar-refractivity contribution in [3.63, 3.8) is 0 Å². The van der Waals surface area contributed by atoms with Crippen LogP contribution in [0.3, 0.4) is 0 Å². The first-order valence-corrected chi connectivity index (χ1v) is 12.3. The molecule has 1 saturated heterocycles. The van der Waals surface area contributed by atoms with Gasteiger partial charge in [0.05, 0.1) is 6.54 Å². The van der Waals surface area contributed by atoms with Crippen molar-refractivity contribution in [2.75, 3.05) is 31.1 Å². The highest BCUT2D eigenvalue weighted by Crippen LogP contribution is 2.27. The third kappa shape index (κ3) is 4.98. The smallest absolute Gasteiger partial charge is 0.274 e. The molecule has 0 bridgehead atoms. The molecule has 1 aromatic carbocycles. The number of carbonyl (C=O) groups is 1. The topological polar surface area (TPSA) is 50.2 Å². The number of benzene rings is 1. The van der Waals surface area contributed by atoms with Crippen LogP contribution in [0.1, 0.15) is 40.2 Å². The third-order valence-corrected chi connectivity index (χ3v) is 7.01. The van der Waals surface area contributed by atoms with Crippen molar-refractivity contribution in [1.82, 2.24) is 20.0 Å². The van der Waals surface area contributed by atoms with Crippen molar-refractivity contribution in [3.05, 3.63) is 65.5 Å². The van der Waals surface area contributed by atoms with E-state index in [0.29, 0.717) is 18.3 Å². The summed E-state index contributed by atoms with van der Waals surface area (Å²) < 4.78 is 2.00. The fourth-order valence-corrected chi connectivity index (χ4v) is 5.37. The highest BCUT2D eigenvalue weighted by atomic mass is 32.2. The first kappa shape index (κ1) is 21.2. The van der Waals surface area contributed by atoms with E-state index in [0.717, 1.165) is 68.8 Å². The summed E-state index contributed by atoms with van der Waals surface area (Å²) in [7, 11) is 0. The summed E-state index contributed by atoms with van der Waals surface area (Å²) in [6, 6.07) is 11.1. The molecule has 160 valence electrons. The monoisotopic (exact) mass is 424 g/mol. The molecule has 4 rings (SSSR count). The van der Waals surface area contributed by atoms with Crippen molar-refractivity contribution in [3.8, 4) is 0 Å². The van der Waals surface area contributed by atoms with Crippen LogP contribution in [0.15, 0.2) is 43.0 Å². The number of amides is 1. The standard InChI is InChI=1S/C24H32N4OS/c1-2-13-28-22-11-10-20(25-12-6-9-19-7-4-3-5-8-19)18-21(22)23(26-28)24(29)27-14-16-30-17-15-27/h2-5,7-8,20,25H,1,6,9-18H2. The van der Waals surface area contributed by atoms with Crippen molar-refractivity contribution in [2.24, 2.45) is 0 Å². The van der Waals surface area contributed by atoms with Gasteiger partial charge in [0.25, 0.3) is 5.91 Å². The molecule has 1 unspecified atom stereocenters. The Hall–Kier alpha value is -2.05. The molecule has 1 amide bonds. The Kier molecular flexibility index (Phi) is 7.28. The summed E-state index contributed by atoms with van der Waals surface area (Å²) in [6.45, 7) is 7.19. The molecule has 1 aliphatic heterocycles. The van der Waals surface area contributed by atoms with E-state index in [9.17, 15) is 4.79 Å². The van der Waals surface area contributed by atoms with Crippen LogP contribution >= 0.6 is 11.8 Å². The minimum atomic E-state index is 0.110. The summed E-state index contributed by atoms with van der Waals surface area (Å²) in [5.41, 5.74) is 4.46. The number of nitrogens with zero attached hydrogens (tertiary/aromatic N) is 3. The maximum absolute atomic E-state index is 13.2. The maximum atomic E-state index is 13.2. The second-order valence-electron chi connectivity index (χ2n) is 8.13. The molecular formula is C24H32N4OS. The largest absolute Gasteiger partial charge is 0.336 e. The van der Waals surface area contributed by atoms with E-state index >= 15 is 0 Å². The Morgan fingerprint density at radius 2 is 2.07 bits per heavy atom. The van der Waals surface area contributed by atoms with Crippen LogP contribution in [0.25, 0.3) is 0 Å². The Bertz CT molecular complexity index is 858. The molecule has 2 aliphatic rings. The van der Waals surface area contributed by atoms with Crippen LogP contribution in [0.5, 0.6) is 0 Å². The second kappa shape index (κ2) is 10.3. The summed E-state index contributed by atoms with van der Waals surface area (Å²) in [4.78, 5) is 15.2. The summed E-state index contributed by atoms with van der Waals surface area (Å²) >= 11 is 1.92. The minimum Gasteiger partial charge on any atom is -0.336 e. The van der Waals surface area contributed by atoms with Crippen molar-refractivity contribution >= 4 is 17.7 Å². The lowest BCUT2D eigenvalue weighted by Crippen LogP contribution is -2.39. The van der Waals surface area contributed by atoms with Crippen molar-refractivity contribution < 1.29 is 4.79 Å². The van der Waals surface area contributed by atoms with Gasteiger partial charge in [-0.2, -0.15) is 16.9 Å². The number of thioether (sulfide) groups is 1. The number of fused-ring (bicyclic) bond motifs is 1. The lowest BCUT2D eigenvalue weighted by atomic mass is 9.91. The fourth-order valence-electron chi connectivity index (χ4n) is 4.47. The first-order valence-electron chi connectivity index (χ1n) is 11.1. The predicted octanol–water partition coefficient (Wildman–Crippen LogP) is 3.34. The SMILES string of the molecule is C=CCn1nc(C(=O)N2CCSCC2)c2c1CCC(NCCCc1ccccc1)C2. The molecule has 1 aliphatic carbocycles. The van der Waals surface area contributed by atoms with Crippen LogP contribution in [0, 0.1) is 0 Å². The molecule has 1 aromatic heterocycles. The van der Waals surface area contributed by atoms with E-state index < -0.39 is 0 Å². The lowest BCUT2D eigenvalue weighted by molar-refractivity contribution is 0.0764. The Labute approximate surface area is 183 Å². The van der Waals surface area contributed by atoms with E-state index in [2.05, 4.69) is 42.2 Å². The number of allylic oxidation sites excluding steroid dienone is 1. The molecule has 2 aromatic rings. The molecule has 6 heteroatoms. The van der Waals surface area contributed by atoms with Crippen molar-refractivity contribution in [1.29, 1.82) is 0 Å². The molecule has 0 saturated carbocycles. The predicted molar refractivity (Wildman–Crippen MR) is 124 cm³/mol. The number of rotatable bonds is 8. The van der Waals surface area contributed by atoms with Gasteiger partial charge in [0, 0.05) is 41.9 Å². The molecule has 2 heterocycles. The van der Waals surface area contributed by atoms with Gasteiger partial charge < -0.3 is 10.2 Å². The maximum Gasteiger partial charge on any atom is 0.274 e. The Morgan fingerprint density at radius 3 is 2.83 bits per heavy atom. The first-order chi connectivity index (χ1) is 14.8. The van der Waals surface area contributed by atoms with E-state index in [-0.39, 0.29) is 5.91 Å². The third-order valence-electron chi connectivity index (χ3n) is 6.07. The molecule has 0 spiro atoms. The van der Waals surface area contributed by atoms with Crippen LogP contribution in [0.2, 0.25) is 0 Å². The Balaban J connectivity index is 1.40. The van der Waals surface area contributed by atoms with Gasteiger partial charge in [0.15, 0.2) is 5.69 Å². The molecule has 1 atom stereocenters. The van der Waals surface area contributed by atoms with E-state index in [4.69, 9.17) is 5.10 Å². The average molecular weight is 425 g/mol. The highest BCUT2D eigenvalue weighted by Gasteiger charge is 2.31. The minimum absolute atomic E-state index is 0.110. The highest BCUT2D eigenvalue weighted by molar-refractivity contribution is 7.99. The molecule has 1 fully saturated rings. The van der Waals surface area contributed by atoms with Crippen LogP contribution in [0.4, 0.5) is 0 Å². The van der Waals surface area contributed by atoms with Gasteiger partial charge in [0.2, 0.25) is 0 Å². The van der Waals surface area contributed by atoms with Gasteiger partial charge >= 0.3 is 0 Å². The quantitative estimate of drug-likeness (QED) is 0.522. The van der Waals surface area contributed by atoms with Gasteiger partial charge in [-0.1, -0.05) is 36.4 Å². The van der Waals surface area contributed by atoms with E-state index in [1.54, 1.807) is 0 Å².